The number of hydrogen-bond donors (Lipinski definition) is 2. The lowest BCUT2D eigenvalue weighted by atomic mass is 9.94. The Hall–Kier alpha value is -2.50. The number of nitrogens with zero attached hydrogens (tertiary/aromatic N) is 2. The lowest BCUT2D eigenvalue weighted by Crippen LogP contribution is -2.39. The van der Waals surface area contributed by atoms with E-state index in [0.29, 0.717) is 16.6 Å². The van der Waals surface area contributed by atoms with Crippen molar-refractivity contribution in [3.8, 4) is 0 Å². The lowest BCUT2D eigenvalue weighted by molar-refractivity contribution is -0.146. The van der Waals surface area contributed by atoms with Gasteiger partial charge in [0.1, 0.15) is 5.52 Å². The topological polar surface area (TPSA) is 92.2 Å². The maximum Gasteiger partial charge on any atom is 0.310 e. The standard InChI is InChI=1S/C14H15N3O3/c1-14(2,13(19)20)8-17-12(18)9-4-3-5-10-11(9)16-7-6-15-10/h3-7H,8H2,1-2H3,(H,17,18)(H,19,20). The molecule has 0 aliphatic carbocycles. The second-order valence-corrected chi connectivity index (χ2v) is 5.10. The lowest BCUT2D eigenvalue weighted by Gasteiger charge is -2.19. The molecular formula is C14H15N3O3. The molecule has 0 fully saturated rings. The van der Waals surface area contributed by atoms with E-state index < -0.39 is 11.4 Å². The highest BCUT2D eigenvalue weighted by Crippen LogP contribution is 2.16. The first-order valence-electron chi connectivity index (χ1n) is 6.13. The van der Waals surface area contributed by atoms with Crippen molar-refractivity contribution in [2.75, 3.05) is 6.54 Å². The molecule has 2 N–H and O–H groups in total. The zero-order valence-electron chi connectivity index (χ0n) is 11.3. The summed E-state index contributed by atoms with van der Waals surface area (Å²) in [4.78, 5) is 31.4. The molecule has 0 saturated carbocycles. The molecule has 1 amide bonds. The molecular weight excluding hydrogens is 258 g/mol. The van der Waals surface area contributed by atoms with Gasteiger partial charge in [0.05, 0.1) is 16.5 Å². The van der Waals surface area contributed by atoms with Gasteiger partial charge in [0.15, 0.2) is 0 Å². The summed E-state index contributed by atoms with van der Waals surface area (Å²) in [5.74, 6) is -1.32. The number of carbonyl (C=O) groups excluding carboxylic acids is 1. The summed E-state index contributed by atoms with van der Waals surface area (Å²) in [7, 11) is 0. The predicted molar refractivity (Wildman–Crippen MR) is 73.3 cm³/mol. The van der Waals surface area contributed by atoms with Gasteiger partial charge in [0.2, 0.25) is 0 Å². The van der Waals surface area contributed by atoms with Gasteiger partial charge in [-0.25, -0.2) is 0 Å². The Morgan fingerprint density at radius 1 is 1.25 bits per heavy atom. The third kappa shape index (κ3) is 2.74. The van der Waals surface area contributed by atoms with Crippen LogP contribution in [-0.2, 0) is 4.79 Å². The maximum absolute atomic E-state index is 12.2. The molecule has 1 heterocycles. The fourth-order valence-electron chi connectivity index (χ4n) is 1.65. The van der Waals surface area contributed by atoms with Crippen LogP contribution in [0, 0.1) is 5.41 Å². The number of para-hydroxylation sites is 1. The summed E-state index contributed by atoms with van der Waals surface area (Å²) in [6.07, 6.45) is 3.07. The first kappa shape index (κ1) is 13.9. The van der Waals surface area contributed by atoms with Crippen molar-refractivity contribution in [3.63, 3.8) is 0 Å². The molecule has 0 saturated heterocycles. The second kappa shape index (κ2) is 5.24. The Kier molecular flexibility index (Phi) is 3.65. The Morgan fingerprint density at radius 2 is 1.95 bits per heavy atom. The first-order chi connectivity index (χ1) is 9.42. The SMILES string of the molecule is CC(C)(CNC(=O)c1cccc2nccnc12)C(=O)O. The highest BCUT2D eigenvalue weighted by Gasteiger charge is 2.28. The minimum atomic E-state index is -1.02. The summed E-state index contributed by atoms with van der Waals surface area (Å²) in [6, 6.07) is 5.12. The molecule has 0 radical (unpaired) electrons. The number of aliphatic carboxylic acids is 1. The van der Waals surface area contributed by atoms with Crippen LogP contribution < -0.4 is 5.32 Å². The molecule has 0 atom stereocenters. The van der Waals surface area contributed by atoms with E-state index in [4.69, 9.17) is 5.11 Å². The smallest absolute Gasteiger partial charge is 0.310 e. The van der Waals surface area contributed by atoms with E-state index in [0.717, 1.165) is 0 Å². The van der Waals surface area contributed by atoms with Crippen LogP contribution in [0.5, 0.6) is 0 Å². The number of amides is 1. The Balaban J connectivity index is 2.22. The molecule has 0 bridgehead atoms. The number of rotatable bonds is 4. The van der Waals surface area contributed by atoms with E-state index in [9.17, 15) is 9.59 Å². The molecule has 6 heteroatoms. The molecule has 1 aromatic carbocycles. The van der Waals surface area contributed by atoms with Gasteiger partial charge in [0, 0.05) is 18.9 Å². The van der Waals surface area contributed by atoms with Gasteiger partial charge in [-0.3, -0.25) is 19.6 Å². The van der Waals surface area contributed by atoms with Gasteiger partial charge < -0.3 is 10.4 Å². The van der Waals surface area contributed by atoms with E-state index in [2.05, 4.69) is 15.3 Å². The van der Waals surface area contributed by atoms with Crippen LogP contribution in [0.1, 0.15) is 24.2 Å². The van der Waals surface area contributed by atoms with Gasteiger partial charge >= 0.3 is 5.97 Å². The Morgan fingerprint density at radius 3 is 2.65 bits per heavy atom. The molecule has 0 unspecified atom stereocenters. The van der Waals surface area contributed by atoms with Crippen molar-refractivity contribution in [1.29, 1.82) is 0 Å². The van der Waals surface area contributed by atoms with E-state index in [-0.39, 0.29) is 12.5 Å². The molecule has 0 spiro atoms. The first-order valence-corrected chi connectivity index (χ1v) is 6.13. The summed E-state index contributed by atoms with van der Waals surface area (Å²) >= 11 is 0. The largest absolute Gasteiger partial charge is 0.481 e. The molecule has 1 aromatic heterocycles. The number of benzene rings is 1. The highest BCUT2D eigenvalue weighted by atomic mass is 16.4. The summed E-state index contributed by atoms with van der Waals surface area (Å²) in [6.45, 7) is 3.15. The number of carbonyl (C=O) groups is 2. The van der Waals surface area contributed by atoms with Crippen LogP contribution in [-0.4, -0.2) is 33.5 Å². The van der Waals surface area contributed by atoms with Crippen LogP contribution >= 0.6 is 0 Å². The fourth-order valence-corrected chi connectivity index (χ4v) is 1.65. The number of aromatic nitrogens is 2. The molecule has 104 valence electrons. The normalized spacial score (nSPS) is 11.3. The van der Waals surface area contributed by atoms with Gasteiger partial charge in [-0.2, -0.15) is 0 Å². The monoisotopic (exact) mass is 273 g/mol. The van der Waals surface area contributed by atoms with Crippen molar-refractivity contribution in [2.24, 2.45) is 5.41 Å². The molecule has 2 rings (SSSR count). The number of hydrogen-bond acceptors (Lipinski definition) is 4. The van der Waals surface area contributed by atoms with Crippen LogP contribution in [0.25, 0.3) is 11.0 Å². The zero-order valence-corrected chi connectivity index (χ0v) is 11.3. The molecule has 20 heavy (non-hydrogen) atoms. The van der Waals surface area contributed by atoms with E-state index in [1.807, 2.05) is 0 Å². The zero-order chi connectivity index (χ0) is 14.8. The highest BCUT2D eigenvalue weighted by molar-refractivity contribution is 6.04. The third-order valence-corrected chi connectivity index (χ3v) is 3.01. The van der Waals surface area contributed by atoms with Gasteiger partial charge in [-0.15, -0.1) is 0 Å². The second-order valence-electron chi connectivity index (χ2n) is 5.10. The minimum absolute atomic E-state index is 0.0395. The maximum atomic E-state index is 12.2. The quantitative estimate of drug-likeness (QED) is 0.880. The number of carboxylic acid groups (broad SMARTS) is 1. The number of fused-ring (bicyclic) bond motifs is 1. The van der Waals surface area contributed by atoms with Crippen LogP contribution in [0.4, 0.5) is 0 Å². The average Bonchev–Trinajstić information content (AvgIpc) is 2.44. The number of nitrogens with one attached hydrogen (secondary N) is 1. The molecule has 2 aromatic rings. The van der Waals surface area contributed by atoms with Gasteiger partial charge in [0.25, 0.3) is 5.91 Å². The fraction of sp³-hybridized carbons (Fsp3) is 0.286. The van der Waals surface area contributed by atoms with Crippen molar-refractivity contribution in [1.82, 2.24) is 15.3 Å². The van der Waals surface area contributed by atoms with Crippen molar-refractivity contribution >= 4 is 22.9 Å². The van der Waals surface area contributed by atoms with E-state index in [1.54, 1.807) is 38.2 Å². The summed E-state index contributed by atoms with van der Waals surface area (Å²) in [5, 5.41) is 11.6. The van der Waals surface area contributed by atoms with E-state index >= 15 is 0 Å². The van der Waals surface area contributed by atoms with Crippen LogP contribution in [0.15, 0.2) is 30.6 Å². The molecule has 0 aliphatic heterocycles. The third-order valence-electron chi connectivity index (χ3n) is 3.01. The summed E-state index contributed by atoms with van der Waals surface area (Å²) in [5.41, 5.74) is 0.487. The van der Waals surface area contributed by atoms with Crippen molar-refractivity contribution in [3.05, 3.63) is 36.2 Å². The number of carboxylic acids is 1. The van der Waals surface area contributed by atoms with Crippen LogP contribution in [0.3, 0.4) is 0 Å². The molecule has 6 nitrogen and oxygen atoms in total. The predicted octanol–water partition coefficient (Wildman–Crippen LogP) is 1.47. The Bertz CT molecular complexity index is 662. The minimum Gasteiger partial charge on any atom is -0.481 e. The van der Waals surface area contributed by atoms with Gasteiger partial charge in [-0.1, -0.05) is 6.07 Å². The van der Waals surface area contributed by atoms with E-state index in [1.165, 1.54) is 6.20 Å². The van der Waals surface area contributed by atoms with Gasteiger partial charge in [-0.05, 0) is 26.0 Å². The van der Waals surface area contributed by atoms with Crippen molar-refractivity contribution < 1.29 is 14.7 Å². The van der Waals surface area contributed by atoms with Crippen molar-refractivity contribution in [2.45, 2.75) is 13.8 Å². The van der Waals surface area contributed by atoms with Crippen LogP contribution in [0.2, 0.25) is 0 Å². The molecule has 0 aliphatic rings. The summed E-state index contributed by atoms with van der Waals surface area (Å²) < 4.78 is 0. The Labute approximate surface area is 115 Å². The average molecular weight is 273 g/mol.